The molecule has 0 atom stereocenters. The van der Waals surface area contributed by atoms with Gasteiger partial charge in [-0.05, 0) is 48.5 Å². The zero-order valence-corrected chi connectivity index (χ0v) is 18.7. The molecule has 0 radical (unpaired) electrons. The van der Waals surface area contributed by atoms with Crippen LogP contribution in [0.3, 0.4) is 0 Å². The summed E-state index contributed by atoms with van der Waals surface area (Å²) in [5, 5.41) is -12.8. The highest BCUT2D eigenvalue weighted by Gasteiger charge is 2.71. The fraction of sp³-hybridized carbons (Fsp3) is 0.100. The zero-order valence-electron chi connectivity index (χ0n) is 16.3. The van der Waals surface area contributed by atoms with Gasteiger partial charge in [-0.25, -0.2) is 8.42 Å². The first kappa shape index (κ1) is 25.0. The Bertz CT molecular complexity index is 1280. The molecule has 13 heteroatoms. The molecule has 0 saturated carbocycles. The topological polar surface area (TPSA) is 101 Å². The molecule has 0 unspecified atom stereocenters. The second-order valence-corrected chi connectivity index (χ2v) is 11.5. The summed E-state index contributed by atoms with van der Waals surface area (Å²) < 4.78 is 113. The summed E-state index contributed by atoms with van der Waals surface area (Å²) in [6, 6.07) is 22.9. The Balaban J connectivity index is 1.95. The van der Waals surface area contributed by atoms with Gasteiger partial charge in [0.2, 0.25) is 0 Å². The lowest BCUT2D eigenvalue weighted by atomic mass is 10.3. The van der Waals surface area contributed by atoms with Gasteiger partial charge in [0.05, 0.1) is 10.9 Å². The van der Waals surface area contributed by atoms with Gasteiger partial charge in [-0.15, -0.1) is 0 Å². The number of hydrogen-bond acceptors (Lipinski definition) is 6. The van der Waals surface area contributed by atoms with Crippen molar-refractivity contribution in [3.63, 3.8) is 0 Å². The molecule has 0 amide bonds. The third-order valence-corrected chi connectivity index (χ3v) is 8.73. The summed E-state index contributed by atoms with van der Waals surface area (Å²) in [6.07, 6.45) is 0. The van der Waals surface area contributed by atoms with E-state index in [4.69, 9.17) is 0 Å². The molecule has 33 heavy (non-hydrogen) atoms. The minimum atomic E-state index is -7.01. The highest BCUT2D eigenvalue weighted by Crippen LogP contribution is 2.43. The van der Waals surface area contributed by atoms with E-state index in [9.17, 15) is 39.0 Å². The summed E-state index contributed by atoms with van der Waals surface area (Å²) in [5.41, 5.74) is 0. The van der Waals surface area contributed by atoms with E-state index in [0.717, 1.165) is 21.9 Å². The van der Waals surface area contributed by atoms with Crippen LogP contribution in [0.1, 0.15) is 0 Å². The molecule has 0 N–H and O–H groups in total. The Hall–Kier alpha value is -2.61. The van der Waals surface area contributed by atoms with E-state index < -0.39 is 47.4 Å². The highest BCUT2D eigenvalue weighted by atomic mass is 32.2. The standard InChI is InChI=1S/C20H14F4O6S3/c21-19(22,32(25,26)27)20(23,24)33(28,29)30-15-11-13-18(14-12-15)31(16-7-3-1-4-8-16)17-9-5-2-6-10-17/h1-14H. The van der Waals surface area contributed by atoms with Crippen LogP contribution in [-0.4, -0.2) is 31.9 Å². The second-order valence-electron chi connectivity index (χ2n) is 6.43. The molecule has 3 rings (SSSR count). The minimum Gasteiger partial charge on any atom is -0.743 e. The molecule has 0 aromatic heterocycles. The van der Waals surface area contributed by atoms with Gasteiger partial charge in [-0.1, -0.05) is 36.4 Å². The first-order valence-corrected chi connectivity index (χ1v) is 12.9. The molecule has 0 spiro atoms. The maximum atomic E-state index is 13.8. The predicted octanol–water partition coefficient (Wildman–Crippen LogP) is 4.22. The Kier molecular flexibility index (Phi) is 6.80. The van der Waals surface area contributed by atoms with E-state index in [2.05, 4.69) is 4.18 Å². The Morgan fingerprint density at radius 2 is 1.03 bits per heavy atom. The fourth-order valence-electron chi connectivity index (χ4n) is 2.62. The first-order chi connectivity index (χ1) is 15.3. The summed E-state index contributed by atoms with van der Waals surface area (Å²) in [7, 11) is -14.2. The monoisotopic (exact) mass is 522 g/mol. The molecule has 0 fully saturated rings. The maximum Gasteiger partial charge on any atom is 0.457 e. The number of alkyl halides is 4. The van der Waals surface area contributed by atoms with E-state index in [0.29, 0.717) is 4.90 Å². The van der Waals surface area contributed by atoms with Crippen molar-refractivity contribution in [3.8, 4) is 5.75 Å². The average molecular weight is 523 g/mol. The molecule has 0 aliphatic rings. The summed E-state index contributed by atoms with van der Waals surface area (Å²) >= 11 is 0. The van der Waals surface area contributed by atoms with E-state index >= 15 is 0 Å². The van der Waals surface area contributed by atoms with Gasteiger partial charge in [-0.2, -0.15) is 26.0 Å². The molecular weight excluding hydrogens is 508 g/mol. The third kappa shape index (κ3) is 4.86. The van der Waals surface area contributed by atoms with Crippen LogP contribution in [0, 0.1) is 0 Å². The van der Waals surface area contributed by atoms with Crippen LogP contribution in [-0.2, 0) is 31.1 Å². The molecule has 3 aromatic rings. The number of benzene rings is 3. The lowest BCUT2D eigenvalue weighted by Crippen LogP contribution is -2.53. The smallest absolute Gasteiger partial charge is 0.457 e. The van der Waals surface area contributed by atoms with Crippen LogP contribution in [0.15, 0.2) is 99.6 Å². The fourth-order valence-corrected chi connectivity index (χ4v) is 6.37. The molecule has 0 bridgehead atoms. The lowest BCUT2D eigenvalue weighted by Gasteiger charge is -2.27. The lowest BCUT2D eigenvalue weighted by molar-refractivity contribution is -0.105. The summed E-state index contributed by atoms with van der Waals surface area (Å²) in [5.74, 6) is -0.776. The highest BCUT2D eigenvalue weighted by molar-refractivity contribution is 7.97. The van der Waals surface area contributed by atoms with Crippen molar-refractivity contribution in [3.05, 3.63) is 84.9 Å². The van der Waals surface area contributed by atoms with Crippen molar-refractivity contribution in [2.45, 2.75) is 25.2 Å². The van der Waals surface area contributed by atoms with E-state index in [1.54, 1.807) is 0 Å². The van der Waals surface area contributed by atoms with Crippen LogP contribution in [0.25, 0.3) is 0 Å². The SMILES string of the molecule is O=S(=O)([O-])C(F)(F)C(F)(F)S(=O)(=O)Oc1ccc([S+](c2ccccc2)c2ccccc2)cc1. The maximum absolute atomic E-state index is 13.8. The number of halogens is 4. The zero-order chi connectivity index (χ0) is 24.5. The van der Waals surface area contributed by atoms with Gasteiger partial charge in [-0.3, -0.25) is 0 Å². The predicted molar refractivity (Wildman–Crippen MR) is 111 cm³/mol. The van der Waals surface area contributed by atoms with Crippen molar-refractivity contribution in [1.29, 1.82) is 0 Å². The molecule has 0 heterocycles. The Morgan fingerprint density at radius 3 is 1.42 bits per heavy atom. The Labute approximate surface area is 190 Å². The van der Waals surface area contributed by atoms with Crippen LogP contribution < -0.4 is 4.18 Å². The van der Waals surface area contributed by atoms with Gasteiger partial charge in [0.15, 0.2) is 24.8 Å². The quantitative estimate of drug-likeness (QED) is 0.190. The van der Waals surface area contributed by atoms with Gasteiger partial charge < -0.3 is 8.74 Å². The Morgan fingerprint density at radius 1 is 0.636 bits per heavy atom. The molecule has 0 aliphatic heterocycles. The number of hydrogen-bond donors (Lipinski definition) is 0. The van der Waals surface area contributed by atoms with Crippen molar-refractivity contribution in [2.24, 2.45) is 0 Å². The summed E-state index contributed by atoms with van der Waals surface area (Å²) in [4.78, 5) is 2.39. The first-order valence-electron chi connectivity index (χ1n) is 8.87. The molecule has 3 aromatic carbocycles. The molecular formula is C20H14F4O6S3. The van der Waals surface area contributed by atoms with Crippen LogP contribution >= 0.6 is 0 Å². The third-order valence-electron chi connectivity index (χ3n) is 4.19. The van der Waals surface area contributed by atoms with Crippen LogP contribution in [0.2, 0.25) is 0 Å². The van der Waals surface area contributed by atoms with Crippen molar-refractivity contribution < 1.29 is 43.1 Å². The van der Waals surface area contributed by atoms with Gasteiger partial charge >= 0.3 is 20.6 Å². The molecule has 0 aliphatic carbocycles. The van der Waals surface area contributed by atoms with Crippen molar-refractivity contribution in [1.82, 2.24) is 0 Å². The van der Waals surface area contributed by atoms with Crippen LogP contribution in [0.5, 0.6) is 5.75 Å². The largest absolute Gasteiger partial charge is 0.743 e. The van der Waals surface area contributed by atoms with Crippen LogP contribution in [0.4, 0.5) is 17.6 Å². The van der Waals surface area contributed by atoms with Crippen molar-refractivity contribution >= 4 is 31.1 Å². The van der Waals surface area contributed by atoms with E-state index in [1.807, 2.05) is 60.7 Å². The second kappa shape index (κ2) is 8.97. The van der Waals surface area contributed by atoms with Gasteiger partial charge in [0.1, 0.15) is 5.75 Å². The van der Waals surface area contributed by atoms with Crippen molar-refractivity contribution in [2.75, 3.05) is 0 Å². The van der Waals surface area contributed by atoms with E-state index in [1.165, 1.54) is 12.1 Å². The molecule has 6 nitrogen and oxygen atoms in total. The molecule has 0 saturated heterocycles. The summed E-state index contributed by atoms with van der Waals surface area (Å²) in [6.45, 7) is 0. The van der Waals surface area contributed by atoms with Gasteiger partial charge in [0, 0.05) is 0 Å². The molecule has 176 valence electrons. The van der Waals surface area contributed by atoms with Gasteiger partial charge in [0.25, 0.3) is 0 Å². The normalized spacial score (nSPS) is 13.2. The number of rotatable bonds is 8. The minimum absolute atomic E-state index is 0.622. The average Bonchev–Trinajstić information content (AvgIpc) is 2.75. The van der Waals surface area contributed by atoms with E-state index in [-0.39, 0.29) is 0 Å².